The fraction of sp³-hybridized carbons (Fsp3) is 1.00. The summed E-state index contributed by atoms with van der Waals surface area (Å²) in [4.78, 5) is 0. The third-order valence-corrected chi connectivity index (χ3v) is 6.00. The van der Waals surface area contributed by atoms with Gasteiger partial charge in [-0.05, 0) is 49.9 Å². The third kappa shape index (κ3) is 4.05. The van der Waals surface area contributed by atoms with Gasteiger partial charge in [0.2, 0.25) is 0 Å². The van der Waals surface area contributed by atoms with Gasteiger partial charge in [0, 0.05) is 13.7 Å². The predicted octanol–water partition coefficient (Wildman–Crippen LogP) is 4.05. The van der Waals surface area contributed by atoms with Crippen LogP contribution in [0.3, 0.4) is 0 Å². The first kappa shape index (κ1) is 17.6. The number of halogens is 2. The van der Waals surface area contributed by atoms with Gasteiger partial charge in [0.25, 0.3) is 0 Å². The molecular weight excluding hydrogens is 302 g/mol. The highest BCUT2D eigenvalue weighted by Gasteiger charge is 2.49. The molecule has 3 nitrogen and oxygen atoms in total. The van der Waals surface area contributed by atoms with E-state index in [-0.39, 0.29) is 5.92 Å². The predicted molar refractivity (Wildman–Crippen MR) is 83.7 cm³/mol. The molecular formula is C18H30F2O3. The maximum absolute atomic E-state index is 14.5. The molecule has 0 radical (unpaired) electrons. The van der Waals surface area contributed by atoms with Crippen molar-refractivity contribution in [1.82, 2.24) is 0 Å². The van der Waals surface area contributed by atoms with Crippen LogP contribution in [0, 0.1) is 17.8 Å². The highest BCUT2D eigenvalue weighted by atomic mass is 19.2. The van der Waals surface area contributed by atoms with Crippen LogP contribution in [-0.2, 0) is 14.2 Å². The van der Waals surface area contributed by atoms with Crippen molar-refractivity contribution in [2.75, 3.05) is 13.7 Å². The van der Waals surface area contributed by atoms with E-state index in [2.05, 4.69) is 6.92 Å². The molecule has 1 saturated heterocycles. The Balaban J connectivity index is 1.51. The molecule has 1 aliphatic heterocycles. The van der Waals surface area contributed by atoms with Crippen LogP contribution in [0.4, 0.5) is 8.78 Å². The summed E-state index contributed by atoms with van der Waals surface area (Å²) in [6.45, 7) is 2.85. The summed E-state index contributed by atoms with van der Waals surface area (Å²) < 4.78 is 45.5. The van der Waals surface area contributed by atoms with Gasteiger partial charge in [0.1, 0.15) is 0 Å². The molecule has 0 aromatic rings. The molecule has 134 valence electrons. The second-order valence-electron chi connectivity index (χ2n) is 7.73. The lowest BCUT2D eigenvalue weighted by Crippen LogP contribution is -2.54. The van der Waals surface area contributed by atoms with Crippen molar-refractivity contribution >= 4 is 0 Å². The first-order valence-electron chi connectivity index (χ1n) is 9.16. The van der Waals surface area contributed by atoms with Crippen molar-refractivity contribution in [3.8, 4) is 0 Å². The highest BCUT2D eigenvalue weighted by molar-refractivity contribution is 4.96. The Morgan fingerprint density at radius 2 is 1.74 bits per heavy atom. The van der Waals surface area contributed by atoms with Gasteiger partial charge in [-0.3, -0.25) is 0 Å². The molecule has 5 heteroatoms. The Labute approximate surface area is 138 Å². The molecule has 0 aromatic carbocycles. The summed E-state index contributed by atoms with van der Waals surface area (Å²) in [7, 11) is 1.55. The van der Waals surface area contributed by atoms with Crippen molar-refractivity contribution < 1.29 is 23.0 Å². The molecule has 6 unspecified atom stereocenters. The summed E-state index contributed by atoms with van der Waals surface area (Å²) in [6.07, 6.45) is 1.97. The molecule has 0 amide bonds. The standard InChI is InChI=1S/C18H30F2O3/c1-11-3-5-12(6-4-11)10-22-14-9-13-7-8-15(21-2)23-18(13)17(20)16(14)19/h11-18H,3-10H2,1-2H3. The number of rotatable bonds is 4. The number of ether oxygens (including phenoxy) is 3. The minimum atomic E-state index is -1.61. The van der Waals surface area contributed by atoms with Crippen molar-refractivity contribution in [2.24, 2.45) is 17.8 Å². The molecule has 23 heavy (non-hydrogen) atoms. The number of methoxy groups -OCH3 is 1. The van der Waals surface area contributed by atoms with Crippen LogP contribution < -0.4 is 0 Å². The van der Waals surface area contributed by atoms with Gasteiger partial charge in [-0.15, -0.1) is 0 Å². The lowest BCUT2D eigenvalue weighted by atomic mass is 9.78. The van der Waals surface area contributed by atoms with Crippen molar-refractivity contribution in [1.29, 1.82) is 0 Å². The maximum Gasteiger partial charge on any atom is 0.160 e. The topological polar surface area (TPSA) is 27.7 Å². The van der Waals surface area contributed by atoms with E-state index < -0.39 is 30.8 Å². The monoisotopic (exact) mass is 332 g/mol. The SMILES string of the molecule is COC1CCC2CC(OCC3CCC(C)CC3)C(F)C(F)C2O1. The molecule has 0 N–H and O–H groups in total. The number of hydrogen-bond donors (Lipinski definition) is 0. The van der Waals surface area contributed by atoms with E-state index in [0.717, 1.165) is 31.6 Å². The molecule has 3 rings (SSSR count). The molecule has 6 atom stereocenters. The van der Waals surface area contributed by atoms with Crippen molar-refractivity contribution in [3.05, 3.63) is 0 Å². The zero-order valence-corrected chi connectivity index (χ0v) is 14.3. The van der Waals surface area contributed by atoms with Gasteiger partial charge < -0.3 is 14.2 Å². The van der Waals surface area contributed by atoms with Crippen LogP contribution in [0.5, 0.6) is 0 Å². The minimum absolute atomic E-state index is 0.0415. The average Bonchev–Trinajstić information content (AvgIpc) is 2.58. The first-order valence-corrected chi connectivity index (χ1v) is 9.16. The fourth-order valence-electron chi connectivity index (χ4n) is 4.36. The largest absolute Gasteiger partial charge is 0.375 e. The summed E-state index contributed by atoms with van der Waals surface area (Å²) in [5.74, 6) is 1.34. The summed E-state index contributed by atoms with van der Waals surface area (Å²) in [5, 5.41) is 0. The quantitative estimate of drug-likeness (QED) is 0.777. The van der Waals surface area contributed by atoms with E-state index >= 15 is 0 Å². The second kappa shape index (κ2) is 7.75. The number of hydrogen-bond acceptors (Lipinski definition) is 3. The highest BCUT2D eigenvalue weighted by Crippen LogP contribution is 2.40. The van der Waals surface area contributed by atoms with Crippen LogP contribution in [0.25, 0.3) is 0 Å². The van der Waals surface area contributed by atoms with Gasteiger partial charge in [0.05, 0.1) is 12.2 Å². The van der Waals surface area contributed by atoms with Crippen LogP contribution >= 0.6 is 0 Å². The Morgan fingerprint density at radius 1 is 1.00 bits per heavy atom. The maximum atomic E-state index is 14.5. The lowest BCUT2D eigenvalue weighted by Gasteiger charge is -2.44. The summed E-state index contributed by atoms with van der Waals surface area (Å²) >= 11 is 0. The Bertz CT molecular complexity index is 371. The Morgan fingerprint density at radius 3 is 2.43 bits per heavy atom. The summed E-state index contributed by atoms with van der Waals surface area (Å²) in [6, 6.07) is 0. The van der Waals surface area contributed by atoms with Crippen LogP contribution in [0.1, 0.15) is 51.9 Å². The number of fused-ring (bicyclic) bond motifs is 1. The van der Waals surface area contributed by atoms with E-state index in [1.165, 1.54) is 12.8 Å². The van der Waals surface area contributed by atoms with E-state index in [9.17, 15) is 8.78 Å². The zero-order valence-electron chi connectivity index (χ0n) is 14.3. The normalized spacial score (nSPS) is 48.0. The molecule has 0 aromatic heterocycles. The smallest absolute Gasteiger partial charge is 0.160 e. The van der Waals surface area contributed by atoms with Gasteiger partial charge in [0.15, 0.2) is 18.6 Å². The van der Waals surface area contributed by atoms with E-state index in [4.69, 9.17) is 14.2 Å². The second-order valence-corrected chi connectivity index (χ2v) is 7.73. The van der Waals surface area contributed by atoms with Crippen molar-refractivity contribution in [3.63, 3.8) is 0 Å². The van der Waals surface area contributed by atoms with Crippen LogP contribution in [0.2, 0.25) is 0 Å². The Kier molecular flexibility index (Phi) is 5.92. The van der Waals surface area contributed by atoms with Crippen LogP contribution in [-0.4, -0.2) is 44.6 Å². The lowest BCUT2D eigenvalue weighted by molar-refractivity contribution is -0.243. The molecule has 3 aliphatic rings. The van der Waals surface area contributed by atoms with Gasteiger partial charge in [-0.1, -0.05) is 19.8 Å². The van der Waals surface area contributed by atoms with Crippen molar-refractivity contribution in [2.45, 2.75) is 82.7 Å². The molecule has 2 aliphatic carbocycles. The first-order chi connectivity index (χ1) is 11.1. The third-order valence-electron chi connectivity index (χ3n) is 6.00. The van der Waals surface area contributed by atoms with E-state index in [1.807, 2.05) is 0 Å². The van der Waals surface area contributed by atoms with E-state index in [1.54, 1.807) is 7.11 Å². The molecule has 1 heterocycles. The Hall–Kier alpha value is -0.260. The molecule has 0 bridgehead atoms. The number of alkyl halides is 2. The molecule has 0 spiro atoms. The van der Waals surface area contributed by atoms with Gasteiger partial charge in [-0.2, -0.15) is 0 Å². The van der Waals surface area contributed by atoms with E-state index in [0.29, 0.717) is 18.9 Å². The molecule has 2 saturated carbocycles. The zero-order chi connectivity index (χ0) is 16.4. The average molecular weight is 332 g/mol. The van der Waals surface area contributed by atoms with Gasteiger partial charge in [-0.25, -0.2) is 8.78 Å². The van der Waals surface area contributed by atoms with Crippen LogP contribution in [0.15, 0.2) is 0 Å². The fourth-order valence-corrected chi connectivity index (χ4v) is 4.36. The summed E-state index contributed by atoms with van der Waals surface area (Å²) in [5.41, 5.74) is 0. The van der Waals surface area contributed by atoms with Gasteiger partial charge >= 0.3 is 0 Å². The minimum Gasteiger partial charge on any atom is -0.375 e. The molecule has 3 fully saturated rings.